The average Bonchev–Trinajstić information content (AvgIpc) is 2.17. The number of hydrogen-bond donors (Lipinski definition) is 1. The van der Waals surface area contributed by atoms with Crippen LogP contribution in [-0.4, -0.2) is 13.1 Å². The van der Waals surface area contributed by atoms with Crippen molar-refractivity contribution in [3.63, 3.8) is 0 Å². The summed E-state index contributed by atoms with van der Waals surface area (Å²) in [4.78, 5) is 11.1. The van der Waals surface area contributed by atoms with Gasteiger partial charge in [-0.1, -0.05) is 12.1 Å². The molecule has 1 aromatic carbocycles. The molecule has 1 unspecified atom stereocenters. The lowest BCUT2D eigenvalue weighted by Gasteiger charge is -2.05. The summed E-state index contributed by atoms with van der Waals surface area (Å²) in [6.07, 6.45) is 0. The summed E-state index contributed by atoms with van der Waals surface area (Å²) in [5.74, 6) is -0.309. The van der Waals surface area contributed by atoms with Gasteiger partial charge in [-0.25, -0.2) is 4.79 Å². The van der Waals surface area contributed by atoms with E-state index in [0.29, 0.717) is 5.56 Å². The molecule has 0 N–H and O–H groups in total. The number of hydrogen-bond acceptors (Lipinski definition) is 3. The minimum Gasteiger partial charge on any atom is -0.465 e. The second-order valence-electron chi connectivity index (χ2n) is 2.79. The van der Waals surface area contributed by atoms with E-state index in [1.54, 1.807) is 12.1 Å². The highest BCUT2D eigenvalue weighted by atomic mass is 32.1. The van der Waals surface area contributed by atoms with Crippen molar-refractivity contribution in [2.75, 3.05) is 7.11 Å². The van der Waals surface area contributed by atoms with Gasteiger partial charge < -0.3 is 4.74 Å². The predicted molar refractivity (Wildman–Crippen MR) is 55.2 cm³/mol. The summed E-state index contributed by atoms with van der Waals surface area (Å²) in [5.41, 5.74) is 1.59. The lowest BCUT2D eigenvalue weighted by atomic mass is 10.1. The molecule has 3 heteroatoms. The minimum atomic E-state index is -0.309. The van der Waals surface area contributed by atoms with E-state index in [2.05, 4.69) is 17.4 Å². The van der Waals surface area contributed by atoms with Crippen LogP contribution in [0.2, 0.25) is 0 Å². The molecule has 0 spiro atoms. The van der Waals surface area contributed by atoms with E-state index < -0.39 is 0 Å². The van der Waals surface area contributed by atoms with Gasteiger partial charge in [-0.15, -0.1) is 0 Å². The second kappa shape index (κ2) is 4.33. The van der Waals surface area contributed by atoms with E-state index in [1.807, 2.05) is 19.1 Å². The number of esters is 1. The second-order valence-corrected chi connectivity index (χ2v) is 3.57. The van der Waals surface area contributed by atoms with Gasteiger partial charge in [0.05, 0.1) is 12.7 Å². The summed E-state index contributed by atoms with van der Waals surface area (Å²) < 4.78 is 4.61. The van der Waals surface area contributed by atoms with Crippen molar-refractivity contribution in [3.8, 4) is 0 Å². The Bertz CT molecular complexity index is 308. The Kier molecular flexibility index (Phi) is 3.37. The van der Waals surface area contributed by atoms with Crippen LogP contribution in [0.25, 0.3) is 0 Å². The van der Waals surface area contributed by atoms with Crippen LogP contribution in [0.5, 0.6) is 0 Å². The van der Waals surface area contributed by atoms with Crippen molar-refractivity contribution in [1.29, 1.82) is 0 Å². The third-order valence-electron chi connectivity index (χ3n) is 1.79. The third-order valence-corrected chi connectivity index (χ3v) is 2.09. The Balaban J connectivity index is 2.98. The minimum absolute atomic E-state index is 0.129. The molecule has 1 atom stereocenters. The Morgan fingerprint density at radius 3 is 2.77 bits per heavy atom. The molecule has 2 nitrogen and oxygen atoms in total. The fourth-order valence-electron chi connectivity index (χ4n) is 1.04. The fraction of sp³-hybridized carbons (Fsp3) is 0.300. The number of ether oxygens (including phenoxy) is 1. The third kappa shape index (κ3) is 2.49. The summed E-state index contributed by atoms with van der Waals surface area (Å²) in [7, 11) is 1.37. The first-order chi connectivity index (χ1) is 6.15. The molecule has 0 aliphatic carbocycles. The van der Waals surface area contributed by atoms with Crippen LogP contribution in [0.3, 0.4) is 0 Å². The van der Waals surface area contributed by atoms with Crippen molar-refractivity contribution in [3.05, 3.63) is 35.4 Å². The molecular formula is C10H12O2S. The molecule has 0 aliphatic rings. The van der Waals surface area contributed by atoms with Gasteiger partial charge in [-0.05, 0) is 24.6 Å². The number of carbonyl (C=O) groups is 1. The van der Waals surface area contributed by atoms with Crippen molar-refractivity contribution in [1.82, 2.24) is 0 Å². The van der Waals surface area contributed by atoms with Gasteiger partial charge in [0.1, 0.15) is 0 Å². The quantitative estimate of drug-likeness (QED) is 0.581. The summed E-state index contributed by atoms with van der Waals surface area (Å²) >= 11 is 4.28. The van der Waals surface area contributed by atoms with Gasteiger partial charge in [-0.3, -0.25) is 0 Å². The number of thiol groups is 1. The molecule has 13 heavy (non-hydrogen) atoms. The predicted octanol–water partition coefficient (Wildman–Crippen LogP) is 2.46. The highest BCUT2D eigenvalue weighted by Crippen LogP contribution is 2.19. The van der Waals surface area contributed by atoms with E-state index >= 15 is 0 Å². The first-order valence-corrected chi connectivity index (χ1v) is 4.53. The molecule has 0 bridgehead atoms. The molecule has 0 saturated carbocycles. The number of benzene rings is 1. The highest BCUT2D eigenvalue weighted by molar-refractivity contribution is 7.80. The van der Waals surface area contributed by atoms with Gasteiger partial charge in [0.2, 0.25) is 0 Å². The average molecular weight is 196 g/mol. The van der Waals surface area contributed by atoms with E-state index in [-0.39, 0.29) is 11.2 Å². The fourth-order valence-corrected chi connectivity index (χ4v) is 1.20. The maximum atomic E-state index is 11.1. The van der Waals surface area contributed by atoms with Crippen molar-refractivity contribution in [2.45, 2.75) is 12.2 Å². The summed E-state index contributed by atoms with van der Waals surface area (Å²) in [5, 5.41) is 0.129. The summed E-state index contributed by atoms with van der Waals surface area (Å²) in [6.45, 7) is 1.96. The van der Waals surface area contributed by atoms with Gasteiger partial charge in [0.25, 0.3) is 0 Å². The molecule has 1 aromatic rings. The Hall–Kier alpha value is -0.960. The SMILES string of the molecule is COC(=O)c1cccc(C(C)S)c1. The number of rotatable bonds is 2. The first kappa shape index (κ1) is 10.1. The molecule has 0 fully saturated rings. The molecule has 0 aromatic heterocycles. The van der Waals surface area contributed by atoms with E-state index in [1.165, 1.54) is 7.11 Å². The van der Waals surface area contributed by atoms with E-state index in [0.717, 1.165) is 5.56 Å². The van der Waals surface area contributed by atoms with Gasteiger partial charge in [0, 0.05) is 5.25 Å². The molecule has 0 aliphatic heterocycles. The van der Waals surface area contributed by atoms with Crippen molar-refractivity contribution < 1.29 is 9.53 Å². The largest absolute Gasteiger partial charge is 0.465 e. The van der Waals surface area contributed by atoms with Crippen LogP contribution >= 0.6 is 12.6 Å². The van der Waals surface area contributed by atoms with E-state index in [9.17, 15) is 4.79 Å². The van der Waals surface area contributed by atoms with Crippen LogP contribution < -0.4 is 0 Å². The maximum Gasteiger partial charge on any atom is 0.337 e. The van der Waals surface area contributed by atoms with Crippen molar-refractivity contribution in [2.24, 2.45) is 0 Å². The standard InChI is InChI=1S/C10H12O2S/c1-7(13)8-4-3-5-9(6-8)10(11)12-2/h3-7,13H,1-2H3. The lowest BCUT2D eigenvalue weighted by molar-refractivity contribution is 0.0600. The van der Waals surface area contributed by atoms with Crippen molar-refractivity contribution >= 4 is 18.6 Å². The molecule has 0 radical (unpaired) electrons. The van der Waals surface area contributed by atoms with Gasteiger partial charge >= 0.3 is 5.97 Å². The zero-order chi connectivity index (χ0) is 9.84. The van der Waals surface area contributed by atoms with Crippen LogP contribution in [-0.2, 0) is 4.74 Å². The zero-order valence-electron chi connectivity index (χ0n) is 7.65. The molecular weight excluding hydrogens is 184 g/mol. The van der Waals surface area contributed by atoms with Crippen LogP contribution in [0, 0.1) is 0 Å². The number of methoxy groups -OCH3 is 1. The smallest absolute Gasteiger partial charge is 0.337 e. The lowest BCUT2D eigenvalue weighted by Crippen LogP contribution is -2.01. The Morgan fingerprint density at radius 1 is 1.54 bits per heavy atom. The first-order valence-electron chi connectivity index (χ1n) is 4.01. The maximum absolute atomic E-state index is 11.1. The molecule has 1 rings (SSSR count). The Labute approximate surface area is 83.3 Å². The van der Waals surface area contributed by atoms with Gasteiger partial charge in [-0.2, -0.15) is 12.6 Å². The van der Waals surface area contributed by atoms with Crippen LogP contribution in [0.15, 0.2) is 24.3 Å². The van der Waals surface area contributed by atoms with Crippen LogP contribution in [0.4, 0.5) is 0 Å². The van der Waals surface area contributed by atoms with Crippen LogP contribution in [0.1, 0.15) is 28.1 Å². The normalized spacial score (nSPS) is 12.2. The van der Waals surface area contributed by atoms with Gasteiger partial charge in [0.15, 0.2) is 0 Å². The monoisotopic (exact) mass is 196 g/mol. The highest BCUT2D eigenvalue weighted by Gasteiger charge is 2.06. The zero-order valence-corrected chi connectivity index (χ0v) is 8.54. The topological polar surface area (TPSA) is 26.3 Å². The summed E-state index contributed by atoms with van der Waals surface area (Å²) in [6, 6.07) is 7.29. The molecule has 0 amide bonds. The van der Waals surface area contributed by atoms with E-state index in [4.69, 9.17) is 0 Å². The number of carbonyl (C=O) groups excluding carboxylic acids is 1. The Morgan fingerprint density at radius 2 is 2.23 bits per heavy atom. The molecule has 70 valence electrons. The molecule has 0 heterocycles. The molecule has 0 saturated heterocycles.